The molecule has 1 aromatic rings. The second-order valence-electron chi connectivity index (χ2n) is 5.14. The number of rotatable bonds is 8. The van der Waals surface area contributed by atoms with Crippen molar-refractivity contribution in [3.8, 4) is 0 Å². The number of benzene rings is 1. The Morgan fingerprint density at radius 2 is 1.95 bits per heavy atom. The van der Waals surface area contributed by atoms with Crippen LogP contribution < -0.4 is 5.73 Å². The molecule has 0 heterocycles. The Hall–Kier alpha value is -0.610. The summed E-state index contributed by atoms with van der Waals surface area (Å²) < 4.78 is 5.53. The molecule has 3 nitrogen and oxygen atoms in total. The lowest BCUT2D eigenvalue weighted by Crippen LogP contribution is -2.27. The SMILES string of the molecule is CC(C)OCCN(C)CCC(N)c1ccccc1Cl. The second kappa shape index (κ2) is 8.54. The Balaban J connectivity index is 2.30. The van der Waals surface area contributed by atoms with Crippen LogP contribution in [-0.4, -0.2) is 37.7 Å². The van der Waals surface area contributed by atoms with Gasteiger partial charge < -0.3 is 15.4 Å². The van der Waals surface area contributed by atoms with Crippen molar-refractivity contribution >= 4 is 11.6 Å². The maximum atomic E-state index is 6.18. The first-order valence-electron chi connectivity index (χ1n) is 6.81. The van der Waals surface area contributed by atoms with Crippen molar-refractivity contribution in [2.75, 3.05) is 26.7 Å². The zero-order valence-corrected chi connectivity index (χ0v) is 12.9. The van der Waals surface area contributed by atoms with Crippen molar-refractivity contribution in [2.45, 2.75) is 32.4 Å². The molecule has 0 bridgehead atoms. The predicted molar refractivity (Wildman–Crippen MR) is 81.6 cm³/mol. The van der Waals surface area contributed by atoms with Gasteiger partial charge in [0.2, 0.25) is 0 Å². The third-order valence-corrected chi connectivity index (χ3v) is 3.39. The van der Waals surface area contributed by atoms with Crippen molar-refractivity contribution in [2.24, 2.45) is 5.73 Å². The van der Waals surface area contributed by atoms with Crippen LogP contribution in [0.15, 0.2) is 24.3 Å². The highest BCUT2D eigenvalue weighted by Gasteiger charge is 2.10. The van der Waals surface area contributed by atoms with Gasteiger partial charge in [-0.15, -0.1) is 0 Å². The fourth-order valence-corrected chi connectivity index (χ4v) is 2.12. The van der Waals surface area contributed by atoms with Gasteiger partial charge in [-0.25, -0.2) is 0 Å². The molecule has 0 aliphatic rings. The highest BCUT2D eigenvalue weighted by atomic mass is 35.5. The lowest BCUT2D eigenvalue weighted by molar-refractivity contribution is 0.0634. The summed E-state index contributed by atoms with van der Waals surface area (Å²) in [7, 11) is 2.09. The minimum atomic E-state index is -0.0119. The van der Waals surface area contributed by atoms with Crippen molar-refractivity contribution in [1.82, 2.24) is 4.90 Å². The molecule has 4 heteroatoms. The molecule has 1 aromatic carbocycles. The predicted octanol–water partition coefficient (Wildman–Crippen LogP) is 3.09. The number of halogens is 1. The average molecular weight is 285 g/mol. The summed E-state index contributed by atoms with van der Waals surface area (Å²) in [6.07, 6.45) is 1.18. The standard InChI is InChI=1S/C15H25ClN2O/c1-12(2)19-11-10-18(3)9-8-15(17)13-6-4-5-7-14(13)16/h4-7,12,15H,8-11,17H2,1-3H3. The Kier molecular flexibility index (Phi) is 7.39. The van der Waals surface area contributed by atoms with Crippen LogP contribution in [0.3, 0.4) is 0 Å². The number of hydrogen-bond acceptors (Lipinski definition) is 3. The fraction of sp³-hybridized carbons (Fsp3) is 0.600. The first-order chi connectivity index (χ1) is 9.00. The van der Waals surface area contributed by atoms with Crippen molar-refractivity contribution in [1.29, 1.82) is 0 Å². The topological polar surface area (TPSA) is 38.5 Å². The van der Waals surface area contributed by atoms with Crippen LogP contribution >= 0.6 is 11.6 Å². The van der Waals surface area contributed by atoms with Crippen molar-refractivity contribution in [3.63, 3.8) is 0 Å². The van der Waals surface area contributed by atoms with Crippen LogP contribution in [0, 0.1) is 0 Å². The fourth-order valence-electron chi connectivity index (χ4n) is 1.85. The molecule has 108 valence electrons. The van der Waals surface area contributed by atoms with Gasteiger partial charge in [-0.2, -0.15) is 0 Å². The maximum absolute atomic E-state index is 6.18. The van der Waals surface area contributed by atoms with Crippen LogP contribution in [0.1, 0.15) is 31.9 Å². The monoisotopic (exact) mass is 284 g/mol. The van der Waals surface area contributed by atoms with Gasteiger partial charge in [0.25, 0.3) is 0 Å². The van der Waals surface area contributed by atoms with Gasteiger partial charge in [0.05, 0.1) is 12.7 Å². The molecule has 1 unspecified atom stereocenters. The number of nitrogens with two attached hydrogens (primary N) is 1. The van der Waals surface area contributed by atoms with E-state index in [-0.39, 0.29) is 6.04 Å². The summed E-state index contributed by atoms with van der Waals surface area (Å²) in [6.45, 7) is 6.72. The molecule has 0 spiro atoms. The Morgan fingerprint density at radius 3 is 2.58 bits per heavy atom. The number of ether oxygens (including phenoxy) is 1. The molecule has 0 fully saturated rings. The van der Waals surface area contributed by atoms with Crippen LogP contribution in [0.25, 0.3) is 0 Å². The van der Waals surface area contributed by atoms with Crippen molar-refractivity contribution < 1.29 is 4.74 Å². The summed E-state index contributed by atoms with van der Waals surface area (Å²) >= 11 is 6.14. The molecule has 0 amide bonds. The van der Waals surface area contributed by atoms with E-state index in [4.69, 9.17) is 22.1 Å². The van der Waals surface area contributed by atoms with Gasteiger partial charge in [-0.1, -0.05) is 29.8 Å². The lowest BCUT2D eigenvalue weighted by Gasteiger charge is -2.20. The molecule has 19 heavy (non-hydrogen) atoms. The first kappa shape index (κ1) is 16.4. The third-order valence-electron chi connectivity index (χ3n) is 3.05. The molecular weight excluding hydrogens is 260 g/mol. The van der Waals surface area contributed by atoms with E-state index in [0.717, 1.165) is 36.7 Å². The normalized spacial score (nSPS) is 13.2. The van der Waals surface area contributed by atoms with E-state index in [9.17, 15) is 0 Å². The summed E-state index contributed by atoms with van der Waals surface area (Å²) in [5, 5.41) is 0.751. The summed E-state index contributed by atoms with van der Waals surface area (Å²) in [5.74, 6) is 0. The van der Waals surface area contributed by atoms with Gasteiger partial charge in [0.15, 0.2) is 0 Å². The van der Waals surface area contributed by atoms with E-state index in [2.05, 4.69) is 11.9 Å². The van der Waals surface area contributed by atoms with Crippen molar-refractivity contribution in [3.05, 3.63) is 34.9 Å². The van der Waals surface area contributed by atoms with E-state index >= 15 is 0 Å². The molecular formula is C15H25ClN2O. The van der Waals surface area contributed by atoms with Gasteiger partial charge in [-0.3, -0.25) is 0 Å². The van der Waals surface area contributed by atoms with Gasteiger partial charge >= 0.3 is 0 Å². The van der Waals surface area contributed by atoms with Crippen LogP contribution in [0.2, 0.25) is 5.02 Å². The Labute approximate surface area is 121 Å². The summed E-state index contributed by atoms with van der Waals surface area (Å²) in [6, 6.07) is 7.77. The lowest BCUT2D eigenvalue weighted by atomic mass is 10.0. The maximum Gasteiger partial charge on any atom is 0.0596 e. The Bertz CT molecular complexity index is 371. The number of likely N-dealkylation sites (N-methyl/N-ethyl adjacent to an activating group) is 1. The molecule has 0 saturated carbocycles. The minimum absolute atomic E-state index is 0.0119. The van der Waals surface area contributed by atoms with Gasteiger partial charge in [-0.05, 0) is 45.5 Å². The second-order valence-corrected chi connectivity index (χ2v) is 5.55. The van der Waals surface area contributed by atoms with E-state index in [1.807, 2.05) is 38.1 Å². The molecule has 0 saturated heterocycles. The van der Waals surface area contributed by atoms with Gasteiger partial charge in [0.1, 0.15) is 0 Å². The summed E-state index contributed by atoms with van der Waals surface area (Å²) in [5.41, 5.74) is 7.20. The van der Waals surface area contributed by atoms with Crippen LogP contribution in [-0.2, 0) is 4.74 Å². The molecule has 1 rings (SSSR count). The Morgan fingerprint density at radius 1 is 1.26 bits per heavy atom. The minimum Gasteiger partial charge on any atom is -0.377 e. The van der Waals surface area contributed by atoms with Crippen LogP contribution in [0.4, 0.5) is 0 Å². The van der Waals surface area contributed by atoms with Crippen LogP contribution in [0.5, 0.6) is 0 Å². The highest BCUT2D eigenvalue weighted by Crippen LogP contribution is 2.23. The number of hydrogen-bond donors (Lipinski definition) is 1. The molecule has 0 radical (unpaired) electrons. The largest absolute Gasteiger partial charge is 0.377 e. The van der Waals surface area contributed by atoms with E-state index in [0.29, 0.717) is 6.10 Å². The quantitative estimate of drug-likeness (QED) is 0.797. The van der Waals surface area contributed by atoms with E-state index in [1.54, 1.807) is 0 Å². The van der Waals surface area contributed by atoms with Gasteiger partial charge in [0, 0.05) is 17.6 Å². The van der Waals surface area contributed by atoms with E-state index < -0.39 is 0 Å². The third kappa shape index (κ3) is 6.39. The zero-order valence-electron chi connectivity index (χ0n) is 12.1. The zero-order chi connectivity index (χ0) is 14.3. The summed E-state index contributed by atoms with van der Waals surface area (Å²) in [4.78, 5) is 2.24. The number of nitrogens with zero attached hydrogens (tertiary/aromatic N) is 1. The molecule has 0 aromatic heterocycles. The average Bonchev–Trinajstić information content (AvgIpc) is 2.36. The molecule has 2 N–H and O–H groups in total. The molecule has 0 aliphatic heterocycles. The smallest absolute Gasteiger partial charge is 0.0596 e. The van der Waals surface area contributed by atoms with E-state index in [1.165, 1.54) is 0 Å². The molecule has 1 atom stereocenters. The first-order valence-corrected chi connectivity index (χ1v) is 7.18. The molecule has 0 aliphatic carbocycles. The highest BCUT2D eigenvalue weighted by molar-refractivity contribution is 6.31.